The van der Waals surface area contributed by atoms with Gasteiger partial charge in [-0.3, -0.25) is 9.59 Å². The Hall–Kier alpha value is -3.52. The zero-order chi connectivity index (χ0) is 28.1. The Morgan fingerprint density at radius 2 is 1.90 bits per heavy atom. The molecule has 0 aromatic heterocycles. The summed E-state index contributed by atoms with van der Waals surface area (Å²) >= 11 is 0. The summed E-state index contributed by atoms with van der Waals surface area (Å²) in [4.78, 5) is 28.2. The molecule has 2 aromatic carbocycles. The van der Waals surface area contributed by atoms with Gasteiger partial charge in [0.25, 0.3) is 11.7 Å². The highest BCUT2D eigenvalue weighted by Gasteiger charge is 2.46. The Bertz CT molecular complexity index is 1240. The molecule has 2 aliphatic heterocycles. The van der Waals surface area contributed by atoms with Gasteiger partial charge < -0.3 is 29.0 Å². The van der Waals surface area contributed by atoms with Crippen molar-refractivity contribution in [3.63, 3.8) is 0 Å². The molecule has 1 fully saturated rings. The van der Waals surface area contributed by atoms with Crippen molar-refractivity contribution in [1.82, 2.24) is 4.90 Å². The third-order valence-electron chi connectivity index (χ3n) is 6.99. The highest BCUT2D eigenvalue weighted by molar-refractivity contribution is 6.46. The summed E-state index contributed by atoms with van der Waals surface area (Å²) in [7, 11) is 1.59. The Morgan fingerprint density at radius 3 is 2.62 bits per heavy atom. The maximum atomic E-state index is 13.4. The molecule has 0 unspecified atom stereocenters. The molecule has 2 heterocycles. The first-order valence-corrected chi connectivity index (χ1v) is 13.7. The second-order valence-corrected chi connectivity index (χ2v) is 10.5. The maximum absolute atomic E-state index is 13.4. The Kier molecular flexibility index (Phi) is 9.17. The monoisotopic (exact) mass is 537 g/mol. The second-order valence-electron chi connectivity index (χ2n) is 10.5. The van der Waals surface area contributed by atoms with Crippen molar-refractivity contribution in [2.45, 2.75) is 59.1 Å². The number of Topliss-reactive ketones (excluding diaryl/α,β-unsaturated/α-hetero) is 1. The lowest BCUT2D eigenvalue weighted by atomic mass is 9.94. The number of aliphatic hydroxyl groups excluding tert-OH is 1. The Morgan fingerprint density at radius 1 is 1.10 bits per heavy atom. The van der Waals surface area contributed by atoms with Crippen LogP contribution in [0, 0.1) is 5.92 Å². The molecular formula is C31H39NO7. The summed E-state index contributed by atoms with van der Waals surface area (Å²) in [5.41, 5.74) is 2.15. The van der Waals surface area contributed by atoms with E-state index >= 15 is 0 Å². The van der Waals surface area contributed by atoms with Crippen molar-refractivity contribution in [3.05, 3.63) is 58.7 Å². The third kappa shape index (κ3) is 6.22. The van der Waals surface area contributed by atoms with Crippen LogP contribution in [0.1, 0.15) is 63.3 Å². The van der Waals surface area contributed by atoms with Crippen LogP contribution in [0.3, 0.4) is 0 Å². The van der Waals surface area contributed by atoms with Crippen molar-refractivity contribution >= 4 is 17.4 Å². The summed E-state index contributed by atoms with van der Waals surface area (Å²) in [6.45, 7) is 9.85. The molecule has 8 heteroatoms. The fraction of sp³-hybridized carbons (Fsp3) is 0.484. The Balaban J connectivity index is 1.77. The van der Waals surface area contributed by atoms with Crippen molar-refractivity contribution in [3.8, 4) is 17.2 Å². The number of amides is 1. The molecule has 2 aliphatic rings. The first kappa shape index (κ1) is 28.5. The van der Waals surface area contributed by atoms with Gasteiger partial charge in [-0.15, -0.1) is 0 Å². The summed E-state index contributed by atoms with van der Waals surface area (Å²) in [6.07, 6.45) is 2.20. The fourth-order valence-electron chi connectivity index (χ4n) is 5.05. The number of nitrogens with zero attached hydrogens (tertiary/aromatic N) is 1. The van der Waals surface area contributed by atoms with E-state index in [-0.39, 0.29) is 17.4 Å². The maximum Gasteiger partial charge on any atom is 0.295 e. The van der Waals surface area contributed by atoms with Crippen LogP contribution in [0.2, 0.25) is 0 Å². The molecule has 39 heavy (non-hydrogen) atoms. The highest BCUT2D eigenvalue weighted by atomic mass is 16.5. The van der Waals surface area contributed by atoms with Gasteiger partial charge in [0.15, 0.2) is 11.5 Å². The summed E-state index contributed by atoms with van der Waals surface area (Å²) in [6, 6.07) is 10.0. The fourth-order valence-corrected chi connectivity index (χ4v) is 5.05. The summed E-state index contributed by atoms with van der Waals surface area (Å²) in [5, 5.41) is 11.5. The molecule has 0 saturated carbocycles. The zero-order valence-corrected chi connectivity index (χ0v) is 23.5. The van der Waals surface area contributed by atoms with Crippen LogP contribution >= 0.6 is 0 Å². The van der Waals surface area contributed by atoms with Gasteiger partial charge in [0.05, 0.1) is 24.8 Å². The lowest BCUT2D eigenvalue weighted by Gasteiger charge is -2.26. The van der Waals surface area contributed by atoms with Crippen LogP contribution in [0.15, 0.2) is 42.0 Å². The van der Waals surface area contributed by atoms with Gasteiger partial charge in [-0.1, -0.05) is 19.9 Å². The quantitative estimate of drug-likeness (QED) is 0.170. The van der Waals surface area contributed by atoms with E-state index < -0.39 is 17.7 Å². The smallest absolute Gasteiger partial charge is 0.295 e. The minimum Gasteiger partial charge on any atom is -0.507 e. The zero-order valence-electron chi connectivity index (χ0n) is 23.5. The molecular weight excluding hydrogens is 498 g/mol. The van der Waals surface area contributed by atoms with E-state index in [9.17, 15) is 14.7 Å². The average molecular weight is 538 g/mol. The van der Waals surface area contributed by atoms with Crippen molar-refractivity contribution in [2.24, 2.45) is 5.92 Å². The van der Waals surface area contributed by atoms with E-state index in [2.05, 4.69) is 13.8 Å². The van der Waals surface area contributed by atoms with E-state index in [1.54, 1.807) is 25.3 Å². The molecule has 2 aromatic rings. The predicted molar refractivity (Wildman–Crippen MR) is 148 cm³/mol. The van der Waals surface area contributed by atoms with Gasteiger partial charge in [-0.2, -0.15) is 0 Å². The minimum absolute atomic E-state index is 0.0435. The van der Waals surface area contributed by atoms with Crippen LogP contribution in [0.5, 0.6) is 17.2 Å². The molecule has 8 nitrogen and oxygen atoms in total. The number of hydrogen-bond acceptors (Lipinski definition) is 7. The van der Waals surface area contributed by atoms with Crippen LogP contribution < -0.4 is 14.2 Å². The van der Waals surface area contributed by atoms with Crippen LogP contribution in [-0.2, 0) is 20.7 Å². The number of benzene rings is 2. The largest absolute Gasteiger partial charge is 0.507 e. The molecule has 2 atom stereocenters. The number of carbonyl (C=O) groups is 2. The van der Waals surface area contributed by atoms with Gasteiger partial charge in [0.1, 0.15) is 17.6 Å². The summed E-state index contributed by atoms with van der Waals surface area (Å²) < 4.78 is 22.9. The van der Waals surface area contributed by atoms with E-state index in [1.165, 1.54) is 4.90 Å². The second kappa shape index (κ2) is 12.6. The van der Waals surface area contributed by atoms with Gasteiger partial charge in [0, 0.05) is 32.2 Å². The third-order valence-corrected chi connectivity index (χ3v) is 6.99. The molecule has 4 rings (SSSR count). The van der Waals surface area contributed by atoms with Gasteiger partial charge in [-0.25, -0.2) is 0 Å². The number of methoxy groups -OCH3 is 1. The van der Waals surface area contributed by atoms with E-state index in [0.717, 1.165) is 17.7 Å². The van der Waals surface area contributed by atoms with E-state index in [4.69, 9.17) is 18.9 Å². The molecule has 1 N–H and O–H groups in total. The average Bonchev–Trinajstić information content (AvgIpc) is 3.40. The first-order valence-electron chi connectivity index (χ1n) is 13.7. The standard InChI is InChI=1S/C31H39NO7/c1-6-37-26-18-21(8-11-25(26)38-15-12-19(2)3)28-27(30(34)31(35)32(28)13-7-14-36-5)29(33)22-9-10-24-23(17-22)16-20(4)39-24/h8-11,17-20,28,33H,6-7,12-16H2,1-5H3/t20-,28-/m1/s1. The SMILES string of the molecule is CCOc1cc([C@@H]2C(=C(O)c3ccc4c(c3)C[C@@H](C)O4)C(=O)C(=O)N2CCCOC)ccc1OCCC(C)C. The van der Waals surface area contributed by atoms with Crippen molar-refractivity contribution < 1.29 is 33.6 Å². The highest BCUT2D eigenvalue weighted by Crippen LogP contribution is 2.43. The topological polar surface area (TPSA) is 94.5 Å². The van der Waals surface area contributed by atoms with E-state index in [0.29, 0.717) is 67.8 Å². The number of fused-ring (bicyclic) bond motifs is 1. The number of ketones is 1. The number of aliphatic hydroxyl groups is 1. The molecule has 0 bridgehead atoms. The molecule has 0 aliphatic carbocycles. The van der Waals surface area contributed by atoms with Crippen LogP contribution in [0.25, 0.3) is 5.76 Å². The van der Waals surface area contributed by atoms with Crippen LogP contribution in [-0.4, -0.2) is 61.3 Å². The number of ether oxygens (including phenoxy) is 4. The van der Waals surface area contributed by atoms with E-state index in [1.807, 2.05) is 32.0 Å². The lowest BCUT2D eigenvalue weighted by molar-refractivity contribution is -0.140. The minimum atomic E-state index is -0.783. The van der Waals surface area contributed by atoms with Gasteiger partial charge in [-0.05, 0) is 74.1 Å². The van der Waals surface area contributed by atoms with Crippen molar-refractivity contribution in [1.29, 1.82) is 0 Å². The molecule has 210 valence electrons. The first-order chi connectivity index (χ1) is 18.7. The number of likely N-dealkylation sites (tertiary alicyclic amines) is 1. The molecule has 0 spiro atoms. The molecule has 1 saturated heterocycles. The molecule has 1 amide bonds. The lowest BCUT2D eigenvalue weighted by Crippen LogP contribution is -2.31. The molecule has 0 radical (unpaired) electrons. The van der Waals surface area contributed by atoms with Crippen molar-refractivity contribution in [2.75, 3.05) is 33.5 Å². The number of rotatable bonds is 12. The number of carbonyl (C=O) groups excluding carboxylic acids is 2. The summed E-state index contributed by atoms with van der Waals surface area (Å²) in [5.74, 6) is 0.840. The normalized spacial score (nSPS) is 19.9. The Labute approximate surface area is 230 Å². The van der Waals surface area contributed by atoms with Crippen LogP contribution in [0.4, 0.5) is 0 Å². The van der Waals surface area contributed by atoms with Gasteiger partial charge >= 0.3 is 0 Å². The predicted octanol–water partition coefficient (Wildman–Crippen LogP) is 5.29. The number of hydrogen-bond donors (Lipinski definition) is 1. The van der Waals surface area contributed by atoms with Gasteiger partial charge in [0.2, 0.25) is 0 Å².